The maximum absolute atomic E-state index is 5.13. The molecule has 1 fully saturated rings. The average Bonchev–Trinajstić information content (AvgIpc) is 2.11. The Balaban J connectivity index is 1.85. The van der Waals surface area contributed by atoms with Crippen LogP contribution in [0.2, 0.25) is 0 Å². The van der Waals surface area contributed by atoms with E-state index in [-0.39, 0.29) is 0 Å². The first-order chi connectivity index (χ1) is 4.47. The van der Waals surface area contributed by atoms with Gasteiger partial charge in [0.05, 0.1) is 0 Å². The molecule has 0 aromatic heterocycles. The summed E-state index contributed by atoms with van der Waals surface area (Å²) in [4.78, 5) is 5.13. The summed E-state index contributed by atoms with van der Waals surface area (Å²) in [6, 6.07) is 0. The van der Waals surface area contributed by atoms with E-state index in [9.17, 15) is 0 Å². The van der Waals surface area contributed by atoms with Crippen molar-refractivity contribution >= 4 is 6.21 Å². The lowest BCUT2D eigenvalue weighted by Crippen LogP contribution is -2.25. The topological polar surface area (TPSA) is 21.6 Å². The Hall–Kier alpha value is -0.530. The number of hydrogen-bond acceptors (Lipinski definition) is 2. The summed E-state index contributed by atoms with van der Waals surface area (Å²) < 4.78 is 0. The molecule has 0 bridgehead atoms. The van der Waals surface area contributed by atoms with Crippen LogP contribution in [0.3, 0.4) is 0 Å². The third kappa shape index (κ3) is 0.824. The van der Waals surface area contributed by atoms with Crippen molar-refractivity contribution < 1.29 is 4.84 Å². The predicted molar refractivity (Wildman–Crippen MR) is 35.3 cm³/mol. The van der Waals surface area contributed by atoms with Gasteiger partial charge in [0.1, 0.15) is 6.10 Å². The second-order valence-electron chi connectivity index (χ2n) is 2.86. The SMILES string of the molecule is C1=NOC(C2CCC2)C1. The predicted octanol–water partition coefficient (Wildman–Crippen LogP) is 1.56. The van der Waals surface area contributed by atoms with Crippen LogP contribution in [0, 0.1) is 5.92 Å². The Labute approximate surface area is 54.9 Å². The molecule has 0 spiro atoms. The molecule has 1 atom stereocenters. The van der Waals surface area contributed by atoms with E-state index >= 15 is 0 Å². The lowest BCUT2D eigenvalue weighted by molar-refractivity contribution is 0.0112. The van der Waals surface area contributed by atoms with Gasteiger partial charge in [-0.3, -0.25) is 0 Å². The molecule has 50 valence electrons. The normalized spacial score (nSPS) is 34.0. The van der Waals surface area contributed by atoms with Crippen molar-refractivity contribution in [3.05, 3.63) is 0 Å². The minimum absolute atomic E-state index is 0.443. The van der Waals surface area contributed by atoms with Crippen LogP contribution in [0.4, 0.5) is 0 Å². The highest BCUT2D eigenvalue weighted by Gasteiger charge is 2.29. The van der Waals surface area contributed by atoms with Gasteiger partial charge in [0.15, 0.2) is 0 Å². The second-order valence-corrected chi connectivity index (χ2v) is 2.86. The van der Waals surface area contributed by atoms with E-state index in [0.29, 0.717) is 6.10 Å². The molecule has 1 aliphatic heterocycles. The van der Waals surface area contributed by atoms with Crippen molar-refractivity contribution in [2.45, 2.75) is 31.8 Å². The number of rotatable bonds is 1. The molecule has 0 amide bonds. The van der Waals surface area contributed by atoms with Crippen LogP contribution in [0.5, 0.6) is 0 Å². The molecule has 0 saturated heterocycles. The molecule has 9 heavy (non-hydrogen) atoms. The van der Waals surface area contributed by atoms with Crippen molar-refractivity contribution in [1.29, 1.82) is 0 Å². The summed E-state index contributed by atoms with van der Waals surface area (Å²) in [5.41, 5.74) is 0. The molecule has 1 heterocycles. The third-order valence-electron chi connectivity index (χ3n) is 2.28. The maximum Gasteiger partial charge on any atom is 0.135 e. The zero-order valence-electron chi connectivity index (χ0n) is 5.42. The molecule has 0 radical (unpaired) electrons. The molecule has 0 aromatic carbocycles. The van der Waals surface area contributed by atoms with E-state index in [2.05, 4.69) is 5.16 Å². The Bertz CT molecular complexity index is 121. The van der Waals surface area contributed by atoms with Crippen molar-refractivity contribution in [2.24, 2.45) is 11.1 Å². The van der Waals surface area contributed by atoms with E-state index in [0.717, 1.165) is 12.3 Å². The zero-order chi connectivity index (χ0) is 6.10. The molecular weight excluding hydrogens is 114 g/mol. The third-order valence-corrected chi connectivity index (χ3v) is 2.28. The van der Waals surface area contributed by atoms with Crippen LogP contribution in [0.25, 0.3) is 0 Å². The highest BCUT2D eigenvalue weighted by atomic mass is 16.6. The van der Waals surface area contributed by atoms with Crippen LogP contribution in [0.15, 0.2) is 5.16 Å². The van der Waals surface area contributed by atoms with Crippen molar-refractivity contribution in [1.82, 2.24) is 0 Å². The smallest absolute Gasteiger partial charge is 0.135 e. The summed E-state index contributed by atoms with van der Waals surface area (Å²) >= 11 is 0. The highest BCUT2D eigenvalue weighted by Crippen LogP contribution is 2.33. The van der Waals surface area contributed by atoms with Crippen LogP contribution in [0.1, 0.15) is 25.7 Å². The van der Waals surface area contributed by atoms with Gasteiger partial charge < -0.3 is 4.84 Å². The molecule has 2 nitrogen and oxygen atoms in total. The van der Waals surface area contributed by atoms with Crippen molar-refractivity contribution in [3.8, 4) is 0 Å². The average molecular weight is 125 g/mol. The van der Waals surface area contributed by atoms with E-state index in [1.807, 2.05) is 6.21 Å². The zero-order valence-corrected chi connectivity index (χ0v) is 5.42. The minimum atomic E-state index is 0.443. The van der Waals surface area contributed by atoms with Crippen LogP contribution < -0.4 is 0 Å². The van der Waals surface area contributed by atoms with Crippen LogP contribution >= 0.6 is 0 Å². The van der Waals surface area contributed by atoms with Crippen LogP contribution in [-0.4, -0.2) is 12.3 Å². The quantitative estimate of drug-likeness (QED) is 0.521. The summed E-state index contributed by atoms with van der Waals surface area (Å²) in [6.45, 7) is 0. The van der Waals surface area contributed by atoms with E-state index in [4.69, 9.17) is 4.84 Å². The van der Waals surface area contributed by atoms with Gasteiger partial charge >= 0.3 is 0 Å². The molecule has 0 aromatic rings. The number of hydrogen-bond donors (Lipinski definition) is 0. The van der Waals surface area contributed by atoms with Crippen LogP contribution in [-0.2, 0) is 4.84 Å². The molecule has 1 unspecified atom stereocenters. The lowest BCUT2D eigenvalue weighted by Gasteiger charge is -2.28. The maximum atomic E-state index is 5.13. The molecule has 2 heteroatoms. The summed E-state index contributed by atoms with van der Waals surface area (Å²) in [5.74, 6) is 0.826. The Kier molecular flexibility index (Phi) is 1.18. The fourth-order valence-electron chi connectivity index (χ4n) is 1.40. The van der Waals surface area contributed by atoms with Gasteiger partial charge in [-0.2, -0.15) is 0 Å². The Morgan fingerprint density at radius 1 is 1.44 bits per heavy atom. The summed E-state index contributed by atoms with van der Waals surface area (Å²) in [5, 5.41) is 3.74. The van der Waals surface area contributed by atoms with Gasteiger partial charge in [-0.25, -0.2) is 0 Å². The largest absolute Gasteiger partial charge is 0.392 e. The summed E-state index contributed by atoms with van der Waals surface area (Å²) in [7, 11) is 0. The first-order valence-corrected chi connectivity index (χ1v) is 3.64. The number of oxime groups is 1. The van der Waals surface area contributed by atoms with Gasteiger partial charge in [-0.1, -0.05) is 11.6 Å². The van der Waals surface area contributed by atoms with Gasteiger partial charge in [0.25, 0.3) is 0 Å². The van der Waals surface area contributed by atoms with Gasteiger partial charge in [0.2, 0.25) is 0 Å². The second kappa shape index (κ2) is 2.01. The fourth-order valence-corrected chi connectivity index (χ4v) is 1.40. The molecular formula is C7H11NO. The standard InChI is InChI=1S/C7H11NO/c1-2-6(3-1)7-4-5-8-9-7/h5-7H,1-4H2. The molecule has 0 N–H and O–H groups in total. The molecule has 1 saturated carbocycles. The first kappa shape index (κ1) is 5.27. The van der Waals surface area contributed by atoms with Gasteiger partial charge in [0, 0.05) is 12.6 Å². The Morgan fingerprint density at radius 3 is 2.78 bits per heavy atom. The fraction of sp³-hybridized carbons (Fsp3) is 0.857. The Morgan fingerprint density at radius 2 is 2.33 bits per heavy atom. The van der Waals surface area contributed by atoms with Crippen molar-refractivity contribution in [2.75, 3.05) is 0 Å². The number of nitrogens with zero attached hydrogens (tertiary/aromatic N) is 1. The van der Waals surface area contributed by atoms with E-state index in [1.54, 1.807) is 0 Å². The monoisotopic (exact) mass is 125 g/mol. The molecule has 1 aliphatic carbocycles. The van der Waals surface area contributed by atoms with E-state index < -0.39 is 0 Å². The highest BCUT2D eigenvalue weighted by molar-refractivity contribution is 5.58. The van der Waals surface area contributed by atoms with E-state index in [1.165, 1.54) is 19.3 Å². The summed E-state index contributed by atoms with van der Waals surface area (Å²) in [6.07, 6.45) is 7.47. The minimum Gasteiger partial charge on any atom is -0.392 e. The van der Waals surface area contributed by atoms with Gasteiger partial charge in [-0.15, -0.1) is 0 Å². The van der Waals surface area contributed by atoms with Crippen molar-refractivity contribution in [3.63, 3.8) is 0 Å². The molecule has 2 aliphatic rings. The first-order valence-electron chi connectivity index (χ1n) is 3.64. The van der Waals surface area contributed by atoms with Gasteiger partial charge in [-0.05, 0) is 18.8 Å². The molecule has 2 rings (SSSR count). The lowest BCUT2D eigenvalue weighted by atomic mass is 9.80.